The first-order chi connectivity index (χ1) is 8.29. The molecule has 1 aliphatic heterocycles. The zero-order valence-corrected chi connectivity index (χ0v) is 10.9. The Balaban J connectivity index is 1.97. The van der Waals surface area contributed by atoms with Crippen molar-refractivity contribution < 1.29 is 4.74 Å². The van der Waals surface area contributed by atoms with Crippen molar-refractivity contribution in [3.63, 3.8) is 0 Å². The molecule has 1 atom stereocenters. The molecule has 0 amide bonds. The summed E-state index contributed by atoms with van der Waals surface area (Å²) in [6.07, 6.45) is 2.52. The second kappa shape index (κ2) is 6.01. The lowest BCUT2D eigenvalue weighted by Gasteiger charge is -2.33. The fourth-order valence-electron chi connectivity index (χ4n) is 2.40. The Morgan fingerprint density at radius 1 is 1.47 bits per heavy atom. The molecule has 2 heterocycles. The predicted octanol–water partition coefficient (Wildman–Crippen LogP) is 2.64. The van der Waals surface area contributed by atoms with Crippen LogP contribution >= 0.6 is 0 Å². The van der Waals surface area contributed by atoms with Gasteiger partial charge in [0, 0.05) is 25.4 Å². The van der Waals surface area contributed by atoms with Crippen LogP contribution in [0.4, 0.5) is 5.82 Å². The average Bonchev–Trinajstić information content (AvgIpc) is 2.37. The van der Waals surface area contributed by atoms with E-state index in [1.165, 1.54) is 12.8 Å². The molecule has 3 heteroatoms. The second-order valence-electron chi connectivity index (χ2n) is 4.75. The molecule has 0 N–H and O–H groups in total. The van der Waals surface area contributed by atoms with Crippen molar-refractivity contribution in [3.8, 4) is 0 Å². The van der Waals surface area contributed by atoms with Crippen LogP contribution in [0.2, 0.25) is 0 Å². The highest BCUT2D eigenvalue weighted by molar-refractivity contribution is 5.39. The Morgan fingerprint density at radius 3 is 3.12 bits per heavy atom. The summed E-state index contributed by atoms with van der Waals surface area (Å²) >= 11 is 0. The van der Waals surface area contributed by atoms with E-state index >= 15 is 0 Å². The van der Waals surface area contributed by atoms with Crippen molar-refractivity contribution in [2.45, 2.75) is 26.7 Å². The van der Waals surface area contributed by atoms with Crippen molar-refractivity contribution in [1.29, 1.82) is 0 Å². The molecule has 0 radical (unpaired) electrons. The van der Waals surface area contributed by atoms with E-state index in [1.54, 1.807) is 0 Å². The highest BCUT2D eigenvalue weighted by Crippen LogP contribution is 2.21. The SMILES string of the molecule is CCOCC1CCCN(c2cccc(C)n2)C1. The lowest BCUT2D eigenvalue weighted by Crippen LogP contribution is -2.37. The molecule has 1 aliphatic rings. The number of aryl methyl sites for hydroxylation is 1. The van der Waals surface area contributed by atoms with Gasteiger partial charge in [-0.2, -0.15) is 0 Å². The first kappa shape index (κ1) is 12.4. The van der Waals surface area contributed by atoms with Crippen LogP contribution in [0.5, 0.6) is 0 Å². The highest BCUT2D eigenvalue weighted by Gasteiger charge is 2.20. The van der Waals surface area contributed by atoms with Gasteiger partial charge in [0.25, 0.3) is 0 Å². The van der Waals surface area contributed by atoms with Crippen LogP contribution in [0.1, 0.15) is 25.5 Å². The minimum atomic E-state index is 0.658. The average molecular weight is 234 g/mol. The first-order valence-corrected chi connectivity index (χ1v) is 6.56. The van der Waals surface area contributed by atoms with Gasteiger partial charge in [0.15, 0.2) is 0 Å². The standard InChI is InChI=1S/C14H22N2O/c1-3-17-11-13-7-5-9-16(10-13)14-8-4-6-12(2)15-14/h4,6,8,13H,3,5,7,9-11H2,1-2H3. The molecule has 0 aromatic carbocycles. The predicted molar refractivity (Wildman–Crippen MR) is 70.4 cm³/mol. The van der Waals surface area contributed by atoms with Crippen molar-refractivity contribution >= 4 is 5.82 Å². The lowest BCUT2D eigenvalue weighted by atomic mass is 9.99. The summed E-state index contributed by atoms with van der Waals surface area (Å²) in [6.45, 7) is 8.02. The number of piperidine rings is 1. The molecule has 0 spiro atoms. The molecule has 1 unspecified atom stereocenters. The summed E-state index contributed by atoms with van der Waals surface area (Å²) in [6, 6.07) is 6.24. The van der Waals surface area contributed by atoms with Gasteiger partial charge in [-0.25, -0.2) is 4.98 Å². The second-order valence-corrected chi connectivity index (χ2v) is 4.75. The van der Waals surface area contributed by atoms with E-state index in [1.807, 2.05) is 13.0 Å². The summed E-state index contributed by atoms with van der Waals surface area (Å²) < 4.78 is 5.53. The number of ether oxygens (including phenoxy) is 1. The van der Waals surface area contributed by atoms with Gasteiger partial charge in [-0.15, -0.1) is 0 Å². The van der Waals surface area contributed by atoms with E-state index in [2.05, 4.69) is 28.9 Å². The maximum Gasteiger partial charge on any atom is 0.128 e. The van der Waals surface area contributed by atoms with Crippen LogP contribution in [0.25, 0.3) is 0 Å². The fourth-order valence-corrected chi connectivity index (χ4v) is 2.40. The topological polar surface area (TPSA) is 25.4 Å². The van der Waals surface area contributed by atoms with E-state index in [9.17, 15) is 0 Å². The molecular weight excluding hydrogens is 212 g/mol. The Labute approximate surface area is 104 Å². The third-order valence-corrected chi connectivity index (χ3v) is 3.27. The number of pyridine rings is 1. The lowest BCUT2D eigenvalue weighted by molar-refractivity contribution is 0.104. The summed E-state index contributed by atoms with van der Waals surface area (Å²) in [5, 5.41) is 0. The van der Waals surface area contributed by atoms with Gasteiger partial charge in [0.05, 0.1) is 6.61 Å². The molecule has 1 aromatic rings. The van der Waals surface area contributed by atoms with E-state index in [0.29, 0.717) is 5.92 Å². The summed E-state index contributed by atoms with van der Waals surface area (Å²) in [4.78, 5) is 6.99. The summed E-state index contributed by atoms with van der Waals surface area (Å²) in [5.74, 6) is 1.78. The number of hydrogen-bond acceptors (Lipinski definition) is 3. The number of aromatic nitrogens is 1. The van der Waals surface area contributed by atoms with Crippen LogP contribution < -0.4 is 4.90 Å². The fraction of sp³-hybridized carbons (Fsp3) is 0.643. The molecule has 0 bridgehead atoms. The maximum atomic E-state index is 5.53. The smallest absolute Gasteiger partial charge is 0.128 e. The van der Waals surface area contributed by atoms with E-state index in [4.69, 9.17) is 4.74 Å². The van der Waals surface area contributed by atoms with Crippen molar-refractivity contribution in [1.82, 2.24) is 4.98 Å². The van der Waals surface area contributed by atoms with Crippen molar-refractivity contribution in [3.05, 3.63) is 23.9 Å². The molecular formula is C14H22N2O. The Kier molecular flexibility index (Phi) is 4.37. The van der Waals surface area contributed by atoms with Gasteiger partial charge >= 0.3 is 0 Å². The Bertz CT molecular complexity index is 354. The zero-order chi connectivity index (χ0) is 12.1. The largest absolute Gasteiger partial charge is 0.381 e. The molecule has 0 aliphatic carbocycles. The quantitative estimate of drug-likeness (QED) is 0.801. The summed E-state index contributed by atoms with van der Waals surface area (Å²) in [7, 11) is 0. The zero-order valence-electron chi connectivity index (χ0n) is 10.9. The molecule has 0 saturated carbocycles. The van der Waals surface area contributed by atoms with Gasteiger partial charge in [-0.05, 0) is 44.7 Å². The normalized spacial score (nSPS) is 20.6. The van der Waals surface area contributed by atoms with E-state index in [-0.39, 0.29) is 0 Å². The number of hydrogen-bond donors (Lipinski definition) is 0. The van der Waals surface area contributed by atoms with Gasteiger partial charge in [-0.1, -0.05) is 6.07 Å². The van der Waals surface area contributed by atoms with E-state index in [0.717, 1.165) is 37.8 Å². The molecule has 94 valence electrons. The molecule has 1 saturated heterocycles. The van der Waals surface area contributed by atoms with Gasteiger partial charge in [0.1, 0.15) is 5.82 Å². The van der Waals surface area contributed by atoms with Crippen molar-refractivity contribution in [2.75, 3.05) is 31.2 Å². The van der Waals surface area contributed by atoms with Crippen LogP contribution in [0.3, 0.4) is 0 Å². The maximum absolute atomic E-state index is 5.53. The van der Waals surface area contributed by atoms with Crippen LogP contribution in [0.15, 0.2) is 18.2 Å². The van der Waals surface area contributed by atoms with Crippen LogP contribution in [-0.4, -0.2) is 31.3 Å². The number of rotatable bonds is 4. The third kappa shape index (κ3) is 3.43. The molecule has 1 fully saturated rings. The highest BCUT2D eigenvalue weighted by atomic mass is 16.5. The van der Waals surface area contributed by atoms with Crippen molar-refractivity contribution in [2.24, 2.45) is 5.92 Å². The van der Waals surface area contributed by atoms with Crippen LogP contribution in [0, 0.1) is 12.8 Å². The minimum Gasteiger partial charge on any atom is -0.381 e. The number of nitrogens with zero attached hydrogens (tertiary/aromatic N) is 2. The Morgan fingerprint density at radius 2 is 2.35 bits per heavy atom. The number of anilines is 1. The Hall–Kier alpha value is -1.09. The molecule has 2 rings (SSSR count). The molecule has 1 aromatic heterocycles. The van der Waals surface area contributed by atoms with E-state index < -0.39 is 0 Å². The monoisotopic (exact) mass is 234 g/mol. The molecule has 17 heavy (non-hydrogen) atoms. The summed E-state index contributed by atoms with van der Waals surface area (Å²) in [5.41, 5.74) is 1.09. The first-order valence-electron chi connectivity index (χ1n) is 6.56. The third-order valence-electron chi connectivity index (χ3n) is 3.27. The molecule has 3 nitrogen and oxygen atoms in total. The minimum absolute atomic E-state index is 0.658. The van der Waals surface area contributed by atoms with Gasteiger partial charge < -0.3 is 9.64 Å². The van der Waals surface area contributed by atoms with Gasteiger partial charge in [-0.3, -0.25) is 0 Å². The van der Waals surface area contributed by atoms with Gasteiger partial charge in [0.2, 0.25) is 0 Å². The van der Waals surface area contributed by atoms with Crippen LogP contribution in [-0.2, 0) is 4.74 Å².